The van der Waals surface area contributed by atoms with Crippen molar-refractivity contribution in [3.05, 3.63) is 72.1 Å². The maximum atomic E-state index is 11.7. The predicted molar refractivity (Wildman–Crippen MR) is 120 cm³/mol. The van der Waals surface area contributed by atoms with Crippen LogP contribution in [0, 0.1) is 6.92 Å². The van der Waals surface area contributed by atoms with E-state index in [4.69, 9.17) is 4.74 Å². The minimum atomic E-state index is -0.263. The second kappa shape index (κ2) is 9.56. The number of carbonyl (C=O) groups excluding carboxylic acids is 1. The number of aromatic nitrogens is 3. The summed E-state index contributed by atoms with van der Waals surface area (Å²) in [5.74, 6) is 1.56. The van der Waals surface area contributed by atoms with E-state index in [9.17, 15) is 4.79 Å². The number of nitrogens with one attached hydrogen (secondary N) is 3. The zero-order valence-electron chi connectivity index (χ0n) is 17.5. The minimum Gasteiger partial charge on any atom is -0.457 e. The molecular weight excluding hydrogens is 378 g/mol. The average molecular weight is 403 g/mol. The number of hydrogen-bond acceptors (Lipinski definition) is 5. The number of fused-ring (bicyclic) bond motifs is 1. The summed E-state index contributed by atoms with van der Waals surface area (Å²) in [6.45, 7) is 6.05. The number of aryl methyl sites for hydroxylation is 1. The lowest BCUT2D eigenvalue weighted by Gasteiger charge is -2.06. The van der Waals surface area contributed by atoms with Crippen molar-refractivity contribution in [2.75, 3.05) is 12.4 Å². The van der Waals surface area contributed by atoms with Crippen LogP contribution in [0.25, 0.3) is 11.0 Å². The van der Waals surface area contributed by atoms with Crippen molar-refractivity contribution in [1.29, 1.82) is 0 Å². The maximum Gasteiger partial charge on any atom is 0.269 e. The molecule has 0 bridgehead atoms. The zero-order valence-corrected chi connectivity index (χ0v) is 17.5. The van der Waals surface area contributed by atoms with Gasteiger partial charge in [0, 0.05) is 31.1 Å². The molecule has 7 heteroatoms. The summed E-state index contributed by atoms with van der Waals surface area (Å²) in [5.41, 5.74) is 4.12. The molecule has 154 valence electrons. The zero-order chi connectivity index (χ0) is 21.5. The van der Waals surface area contributed by atoms with Gasteiger partial charge >= 0.3 is 0 Å². The number of anilines is 2. The van der Waals surface area contributed by atoms with E-state index >= 15 is 0 Å². The second-order valence-corrected chi connectivity index (χ2v) is 6.31. The van der Waals surface area contributed by atoms with E-state index in [0.29, 0.717) is 23.1 Å². The van der Waals surface area contributed by atoms with Crippen molar-refractivity contribution in [1.82, 2.24) is 20.3 Å². The first-order valence-electron chi connectivity index (χ1n) is 9.80. The van der Waals surface area contributed by atoms with Gasteiger partial charge in [0.2, 0.25) is 5.95 Å². The SMILES string of the molecule is CC.CNC(=O)c1cc(Oc2ccc3nc(Nc4ccc(C)cc4)[nH]c3c2)ccn1. The fourth-order valence-electron chi connectivity index (χ4n) is 2.75. The summed E-state index contributed by atoms with van der Waals surface area (Å²) in [6, 6.07) is 17.0. The topological polar surface area (TPSA) is 91.9 Å². The molecule has 2 aromatic carbocycles. The van der Waals surface area contributed by atoms with Crippen molar-refractivity contribution in [3.8, 4) is 11.5 Å². The van der Waals surface area contributed by atoms with Gasteiger partial charge in [-0.05, 0) is 37.3 Å². The van der Waals surface area contributed by atoms with Crippen LogP contribution in [0.1, 0.15) is 29.9 Å². The first-order valence-corrected chi connectivity index (χ1v) is 9.80. The molecule has 30 heavy (non-hydrogen) atoms. The van der Waals surface area contributed by atoms with E-state index in [1.54, 1.807) is 19.2 Å². The number of aromatic amines is 1. The van der Waals surface area contributed by atoms with Crippen LogP contribution in [0.2, 0.25) is 0 Å². The minimum absolute atomic E-state index is 0.263. The lowest BCUT2D eigenvalue weighted by atomic mass is 10.2. The Bertz CT molecular complexity index is 1140. The van der Waals surface area contributed by atoms with E-state index in [-0.39, 0.29) is 5.91 Å². The molecule has 0 aliphatic carbocycles. The Kier molecular flexibility index (Phi) is 6.64. The molecule has 0 saturated heterocycles. The number of rotatable bonds is 5. The van der Waals surface area contributed by atoms with E-state index in [1.807, 2.05) is 63.2 Å². The van der Waals surface area contributed by atoms with E-state index in [1.165, 1.54) is 11.8 Å². The third kappa shape index (κ3) is 4.94. The van der Waals surface area contributed by atoms with Gasteiger partial charge in [0.25, 0.3) is 5.91 Å². The third-order valence-electron chi connectivity index (χ3n) is 4.19. The van der Waals surface area contributed by atoms with Gasteiger partial charge in [-0.3, -0.25) is 9.78 Å². The smallest absolute Gasteiger partial charge is 0.269 e. The number of hydrogen-bond donors (Lipinski definition) is 3. The van der Waals surface area contributed by atoms with Gasteiger partial charge in [0.1, 0.15) is 17.2 Å². The number of benzene rings is 2. The van der Waals surface area contributed by atoms with Gasteiger partial charge in [0.05, 0.1) is 11.0 Å². The van der Waals surface area contributed by atoms with Gasteiger partial charge in [-0.1, -0.05) is 31.5 Å². The van der Waals surface area contributed by atoms with Crippen molar-refractivity contribution in [2.45, 2.75) is 20.8 Å². The van der Waals surface area contributed by atoms with Crippen LogP contribution in [0.3, 0.4) is 0 Å². The van der Waals surface area contributed by atoms with Crippen LogP contribution >= 0.6 is 0 Å². The highest BCUT2D eigenvalue weighted by atomic mass is 16.5. The molecule has 2 heterocycles. The molecule has 0 unspecified atom stereocenters. The first-order chi connectivity index (χ1) is 14.6. The van der Waals surface area contributed by atoms with Gasteiger partial charge in [0.15, 0.2) is 0 Å². The molecular formula is C23H25N5O2. The molecule has 0 atom stereocenters. The van der Waals surface area contributed by atoms with Gasteiger partial charge in [-0.25, -0.2) is 4.98 Å². The largest absolute Gasteiger partial charge is 0.457 e. The number of ether oxygens (including phenoxy) is 1. The third-order valence-corrected chi connectivity index (χ3v) is 4.19. The van der Waals surface area contributed by atoms with Crippen molar-refractivity contribution < 1.29 is 9.53 Å². The molecule has 0 fully saturated rings. The van der Waals surface area contributed by atoms with Crippen molar-refractivity contribution in [3.63, 3.8) is 0 Å². The van der Waals surface area contributed by atoms with Crippen LogP contribution in [0.4, 0.5) is 11.6 Å². The molecule has 4 aromatic rings. The Morgan fingerprint density at radius 1 is 1.00 bits per heavy atom. The molecule has 4 rings (SSSR count). The van der Waals surface area contributed by atoms with Crippen LogP contribution in [-0.2, 0) is 0 Å². The summed E-state index contributed by atoms with van der Waals surface area (Å²) in [5, 5.41) is 5.80. The van der Waals surface area contributed by atoms with Crippen molar-refractivity contribution in [2.24, 2.45) is 0 Å². The van der Waals surface area contributed by atoms with Gasteiger partial charge < -0.3 is 20.4 Å². The van der Waals surface area contributed by atoms with Crippen LogP contribution in [0.5, 0.6) is 11.5 Å². The summed E-state index contributed by atoms with van der Waals surface area (Å²) < 4.78 is 5.87. The molecule has 2 aromatic heterocycles. The summed E-state index contributed by atoms with van der Waals surface area (Å²) in [6.07, 6.45) is 1.54. The Balaban J connectivity index is 0.00000124. The standard InChI is InChI=1S/C21H19N5O2.C2H6/c1-13-3-5-14(6-4-13)24-21-25-17-8-7-15(11-18(17)26-21)28-16-9-10-23-19(12-16)20(27)22-2;1-2/h3-12H,1-2H3,(H,22,27)(H2,24,25,26);1-2H3. The number of H-pyrrole nitrogens is 1. The van der Waals surface area contributed by atoms with Crippen molar-refractivity contribution >= 4 is 28.6 Å². The molecule has 0 saturated carbocycles. The second-order valence-electron chi connectivity index (χ2n) is 6.31. The van der Waals surface area contributed by atoms with E-state index < -0.39 is 0 Å². The number of carbonyl (C=O) groups is 1. The quantitative estimate of drug-likeness (QED) is 0.427. The predicted octanol–water partition coefficient (Wildman–Crippen LogP) is 5.19. The van der Waals surface area contributed by atoms with E-state index in [2.05, 4.69) is 25.6 Å². The molecule has 0 radical (unpaired) electrons. The average Bonchev–Trinajstić information content (AvgIpc) is 3.18. The monoisotopic (exact) mass is 403 g/mol. The van der Waals surface area contributed by atoms with Gasteiger partial charge in [-0.15, -0.1) is 0 Å². The highest BCUT2D eigenvalue weighted by Crippen LogP contribution is 2.26. The molecule has 0 aliphatic heterocycles. The number of nitrogens with zero attached hydrogens (tertiary/aromatic N) is 2. The first kappa shape index (κ1) is 20.9. The fourth-order valence-corrected chi connectivity index (χ4v) is 2.75. The Hall–Kier alpha value is -3.87. The molecule has 1 amide bonds. The Morgan fingerprint density at radius 3 is 2.47 bits per heavy atom. The molecule has 0 aliphatic rings. The Labute approximate surface area is 175 Å². The van der Waals surface area contributed by atoms with Crippen LogP contribution in [-0.4, -0.2) is 27.9 Å². The summed E-state index contributed by atoms with van der Waals surface area (Å²) >= 11 is 0. The molecule has 3 N–H and O–H groups in total. The molecule has 0 spiro atoms. The van der Waals surface area contributed by atoms with Crippen LogP contribution in [0.15, 0.2) is 60.8 Å². The normalized spacial score (nSPS) is 10.1. The highest BCUT2D eigenvalue weighted by molar-refractivity contribution is 5.92. The fraction of sp³-hybridized carbons (Fsp3) is 0.174. The van der Waals surface area contributed by atoms with E-state index in [0.717, 1.165) is 16.7 Å². The van der Waals surface area contributed by atoms with Crippen LogP contribution < -0.4 is 15.4 Å². The summed E-state index contributed by atoms with van der Waals surface area (Å²) in [7, 11) is 1.56. The summed E-state index contributed by atoms with van der Waals surface area (Å²) in [4.78, 5) is 23.5. The number of imidazole rings is 1. The van der Waals surface area contributed by atoms with Gasteiger partial charge in [-0.2, -0.15) is 0 Å². The highest BCUT2D eigenvalue weighted by Gasteiger charge is 2.08. The molecule has 7 nitrogen and oxygen atoms in total. The number of amides is 1. The number of pyridine rings is 1. The Morgan fingerprint density at radius 2 is 1.73 bits per heavy atom. The maximum absolute atomic E-state index is 11.7. The lowest BCUT2D eigenvalue weighted by Crippen LogP contribution is -2.18. The lowest BCUT2D eigenvalue weighted by molar-refractivity contribution is 0.0958.